The number of anilines is 2. The molecule has 8 nitrogen and oxygen atoms in total. The van der Waals surface area contributed by atoms with Gasteiger partial charge in [0.1, 0.15) is 10.0 Å². The lowest BCUT2D eigenvalue weighted by molar-refractivity contribution is -0.256. The molecule has 0 radical (unpaired) electrons. The minimum atomic E-state index is -1.29. The van der Waals surface area contributed by atoms with Crippen molar-refractivity contribution in [3.8, 4) is 0 Å². The summed E-state index contributed by atoms with van der Waals surface area (Å²) in [5.41, 5.74) is 0.927. The van der Waals surface area contributed by atoms with E-state index in [2.05, 4.69) is 10.6 Å². The van der Waals surface area contributed by atoms with Crippen molar-refractivity contribution in [1.82, 2.24) is 0 Å². The van der Waals surface area contributed by atoms with E-state index in [-0.39, 0.29) is 35.8 Å². The van der Waals surface area contributed by atoms with Gasteiger partial charge in [0.2, 0.25) is 11.8 Å². The van der Waals surface area contributed by atoms with Gasteiger partial charge in [-0.2, -0.15) is 0 Å². The van der Waals surface area contributed by atoms with E-state index < -0.39 is 17.4 Å². The monoisotopic (exact) mass is 516 g/mol. The summed E-state index contributed by atoms with van der Waals surface area (Å²) >= 11 is 2.57. The first-order valence-electron chi connectivity index (χ1n) is 11.9. The molecule has 2 aromatic rings. The van der Waals surface area contributed by atoms with Gasteiger partial charge in [0.15, 0.2) is 0 Å². The third-order valence-corrected chi connectivity index (χ3v) is 8.95. The van der Waals surface area contributed by atoms with E-state index in [1.807, 2.05) is 0 Å². The van der Waals surface area contributed by atoms with Gasteiger partial charge in [0.05, 0.1) is 11.9 Å². The summed E-state index contributed by atoms with van der Waals surface area (Å²) in [4.78, 5) is 51.0. The molecule has 4 rings (SSSR count). The molecule has 2 aliphatic rings. The average Bonchev–Trinajstić information content (AvgIpc) is 3.29. The second-order valence-electron chi connectivity index (χ2n) is 10.0. The summed E-state index contributed by atoms with van der Waals surface area (Å²) < 4.78 is 0. The first kappa shape index (κ1) is 25.4. The Labute approximate surface area is 211 Å². The Morgan fingerprint density at radius 2 is 1.09 bits per heavy atom. The maximum atomic E-state index is 12.8. The van der Waals surface area contributed by atoms with E-state index in [0.29, 0.717) is 22.8 Å². The van der Waals surface area contributed by atoms with Gasteiger partial charge in [-0.05, 0) is 67.9 Å². The number of thiophene rings is 2. The van der Waals surface area contributed by atoms with Crippen LogP contribution in [0.1, 0.15) is 94.0 Å². The van der Waals surface area contributed by atoms with E-state index in [4.69, 9.17) is 0 Å². The van der Waals surface area contributed by atoms with Crippen LogP contribution in [0.2, 0.25) is 0 Å². The summed E-state index contributed by atoms with van der Waals surface area (Å²) in [5.74, 6) is -3.35. The Bertz CT molecular complexity index is 1100. The molecule has 35 heavy (non-hydrogen) atoms. The zero-order chi connectivity index (χ0) is 25.3. The van der Waals surface area contributed by atoms with Crippen LogP contribution in [-0.2, 0) is 35.3 Å². The van der Waals surface area contributed by atoms with E-state index in [9.17, 15) is 29.4 Å². The topological polar surface area (TPSA) is 138 Å². The number of rotatable bonds is 8. The van der Waals surface area contributed by atoms with Crippen LogP contribution in [0.25, 0.3) is 0 Å². The molecule has 0 bridgehead atoms. The second-order valence-corrected chi connectivity index (χ2v) is 12.2. The number of hydrogen-bond acceptors (Lipinski definition) is 8. The molecule has 2 aliphatic carbocycles. The molecule has 10 heteroatoms. The molecule has 188 valence electrons. The maximum absolute atomic E-state index is 12.8. The van der Waals surface area contributed by atoms with Crippen LogP contribution < -0.4 is 20.8 Å². The van der Waals surface area contributed by atoms with Crippen LogP contribution in [-0.4, -0.2) is 23.8 Å². The first-order valence-corrected chi connectivity index (χ1v) is 13.5. The van der Waals surface area contributed by atoms with Crippen molar-refractivity contribution in [2.45, 2.75) is 78.1 Å². The summed E-state index contributed by atoms with van der Waals surface area (Å²) in [7, 11) is 0. The molecular weight excluding hydrogens is 488 g/mol. The zero-order valence-electron chi connectivity index (χ0n) is 19.8. The lowest BCUT2D eigenvalue weighted by Crippen LogP contribution is -2.29. The Morgan fingerprint density at radius 3 is 1.46 bits per heavy atom. The summed E-state index contributed by atoms with van der Waals surface area (Å²) in [5, 5.41) is 29.5. The molecule has 2 aromatic heterocycles. The van der Waals surface area contributed by atoms with Gasteiger partial charge in [-0.1, -0.05) is 13.8 Å². The molecular formula is C25H28N2O6S2-2. The van der Waals surface area contributed by atoms with Gasteiger partial charge in [-0.25, -0.2) is 0 Å². The van der Waals surface area contributed by atoms with Crippen LogP contribution in [0.15, 0.2) is 0 Å². The molecule has 2 N–H and O–H groups in total. The number of fused-ring (bicyclic) bond motifs is 2. The molecule has 0 saturated heterocycles. The SMILES string of the molecule is CC(C)(CC(=O)Nc1sc2c(c1C(=O)[O-])CCCC2)CC(=O)Nc1sc2c(c1C(=O)[O-])CCCC2. The van der Waals surface area contributed by atoms with Crippen LogP contribution >= 0.6 is 22.7 Å². The number of hydrogen-bond donors (Lipinski definition) is 2. The molecule has 0 aliphatic heterocycles. The van der Waals surface area contributed by atoms with E-state index in [1.54, 1.807) is 13.8 Å². The van der Waals surface area contributed by atoms with Crippen molar-refractivity contribution >= 4 is 56.4 Å². The molecule has 0 spiro atoms. The van der Waals surface area contributed by atoms with Crippen molar-refractivity contribution in [1.29, 1.82) is 0 Å². The predicted octanol–water partition coefficient (Wildman–Crippen LogP) is 2.68. The van der Waals surface area contributed by atoms with Crippen molar-refractivity contribution in [3.63, 3.8) is 0 Å². The highest BCUT2D eigenvalue weighted by molar-refractivity contribution is 7.17. The first-order chi connectivity index (χ1) is 16.6. The van der Waals surface area contributed by atoms with Crippen LogP contribution in [0, 0.1) is 5.41 Å². The van der Waals surface area contributed by atoms with Gasteiger partial charge in [0, 0.05) is 33.7 Å². The summed E-state index contributed by atoms with van der Waals surface area (Å²) in [6.45, 7) is 3.54. The average molecular weight is 517 g/mol. The van der Waals surface area contributed by atoms with E-state index in [0.717, 1.165) is 59.4 Å². The minimum Gasteiger partial charge on any atom is -0.545 e. The number of carbonyl (C=O) groups excluding carboxylic acids is 4. The lowest BCUT2D eigenvalue weighted by atomic mass is 9.85. The number of nitrogens with one attached hydrogen (secondary N) is 2. The molecule has 0 saturated carbocycles. The van der Waals surface area contributed by atoms with Gasteiger partial charge in [-0.15, -0.1) is 22.7 Å². The predicted molar refractivity (Wildman–Crippen MR) is 131 cm³/mol. The smallest absolute Gasteiger partial charge is 0.225 e. The number of carboxylic acid groups (broad SMARTS) is 2. The fourth-order valence-corrected chi connectivity index (χ4v) is 7.60. The standard InChI is InChI=1S/C25H30N2O6S2/c1-25(2,11-17(28)26-21-19(23(30)31)13-7-3-5-9-15(13)34-21)12-18(29)27-22-20(24(32)33)14-8-4-6-10-16(14)35-22/h3-12H2,1-2H3,(H,26,28)(H,27,29)(H,30,31)(H,32,33)/p-2. The van der Waals surface area contributed by atoms with Gasteiger partial charge < -0.3 is 30.4 Å². The Morgan fingerprint density at radius 1 is 0.714 bits per heavy atom. The fourth-order valence-electron chi connectivity index (χ4n) is 5.01. The summed E-state index contributed by atoms with van der Waals surface area (Å²) in [6.07, 6.45) is 6.69. The van der Waals surface area contributed by atoms with E-state index >= 15 is 0 Å². The normalized spacial score (nSPS) is 15.1. The van der Waals surface area contributed by atoms with Gasteiger partial charge in [0.25, 0.3) is 0 Å². The van der Waals surface area contributed by atoms with Crippen LogP contribution in [0.5, 0.6) is 0 Å². The number of aryl methyl sites for hydroxylation is 2. The third kappa shape index (κ3) is 5.59. The van der Waals surface area contributed by atoms with Crippen molar-refractivity contribution < 1.29 is 29.4 Å². The van der Waals surface area contributed by atoms with Crippen LogP contribution in [0.4, 0.5) is 10.0 Å². The molecule has 2 amide bonds. The minimum absolute atomic E-state index is 0.0102. The Hall–Kier alpha value is -2.72. The largest absolute Gasteiger partial charge is 0.545 e. The fraction of sp³-hybridized carbons (Fsp3) is 0.520. The highest BCUT2D eigenvalue weighted by Crippen LogP contribution is 2.40. The number of carbonyl (C=O) groups is 4. The van der Waals surface area contributed by atoms with Crippen molar-refractivity contribution in [2.24, 2.45) is 5.41 Å². The third-order valence-electron chi connectivity index (χ3n) is 6.53. The Kier molecular flexibility index (Phi) is 7.32. The lowest BCUT2D eigenvalue weighted by Gasteiger charge is -2.23. The van der Waals surface area contributed by atoms with Gasteiger partial charge >= 0.3 is 0 Å². The number of amides is 2. The second kappa shape index (κ2) is 10.1. The number of aromatic carboxylic acids is 2. The summed E-state index contributed by atoms with van der Waals surface area (Å²) in [6, 6.07) is 0. The number of carboxylic acids is 2. The maximum Gasteiger partial charge on any atom is 0.225 e. The highest BCUT2D eigenvalue weighted by Gasteiger charge is 2.29. The van der Waals surface area contributed by atoms with E-state index in [1.165, 1.54) is 22.7 Å². The molecule has 0 aromatic carbocycles. The van der Waals surface area contributed by atoms with Crippen molar-refractivity contribution in [2.75, 3.05) is 10.6 Å². The highest BCUT2D eigenvalue weighted by atomic mass is 32.1. The molecule has 2 heterocycles. The van der Waals surface area contributed by atoms with Gasteiger partial charge in [-0.3, -0.25) is 9.59 Å². The molecule has 0 unspecified atom stereocenters. The van der Waals surface area contributed by atoms with Crippen molar-refractivity contribution in [3.05, 3.63) is 32.0 Å². The molecule has 0 atom stereocenters. The van der Waals surface area contributed by atoms with Crippen LogP contribution in [0.3, 0.4) is 0 Å². The molecule has 0 fully saturated rings. The Balaban J connectivity index is 1.41. The zero-order valence-corrected chi connectivity index (χ0v) is 21.5. The quantitative estimate of drug-likeness (QED) is 0.553.